The van der Waals surface area contributed by atoms with Gasteiger partial charge in [0.05, 0.1) is 4.90 Å². The molecule has 0 bridgehead atoms. The smallest absolute Gasteiger partial charge is 0.308 e. The first kappa shape index (κ1) is 19.2. The van der Waals surface area contributed by atoms with Gasteiger partial charge in [-0.3, -0.25) is 4.57 Å². The highest BCUT2D eigenvalue weighted by molar-refractivity contribution is 7.96. The summed E-state index contributed by atoms with van der Waals surface area (Å²) < 4.78 is 41.4. The molecule has 6 nitrogen and oxygen atoms in total. The van der Waals surface area contributed by atoms with Crippen LogP contribution in [0.3, 0.4) is 0 Å². The van der Waals surface area contributed by atoms with Crippen molar-refractivity contribution in [2.24, 2.45) is 0 Å². The van der Waals surface area contributed by atoms with Crippen molar-refractivity contribution in [3.63, 3.8) is 0 Å². The molecule has 0 unspecified atom stereocenters. The number of hydrogen-bond donors (Lipinski definition) is 3. The largest absolute Gasteiger partial charge is 0.341 e. The maximum atomic E-state index is 13.5. The molecule has 0 aromatic heterocycles. The molecule has 0 spiro atoms. The van der Waals surface area contributed by atoms with Gasteiger partial charge < -0.3 is 10.2 Å². The summed E-state index contributed by atoms with van der Waals surface area (Å²) in [6.07, 6.45) is 0. The molecule has 0 saturated carbocycles. The third kappa shape index (κ3) is 5.20. The maximum Gasteiger partial charge on any atom is 0.341 e. The lowest BCUT2D eigenvalue weighted by Gasteiger charge is -2.23. The van der Waals surface area contributed by atoms with Gasteiger partial charge in [-0.15, -0.1) is 4.49 Å². The van der Waals surface area contributed by atoms with Crippen LogP contribution in [0.1, 0.15) is 5.56 Å². The Morgan fingerprint density at radius 2 is 1.15 bits per heavy atom. The highest BCUT2D eigenvalue weighted by Crippen LogP contribution is 2.43. The Kier molecular flexibility index (Phi) is 5.65. The molecule has 0 heterocycles. The lowest BCUT2D eigenvalue weighted by molar-refractivity contribution is 0.571. The van der Waals surface area contributed by atoms with Crippen molar-refractivity contribution < 1.29 is 13.0 Å². The van der Waals surface area contributed by atoms with Crippen LogP contribution in [0.4, 0.5) is 11.4 Å². The number of aryl methyl sites for hydroxylation is 1. The Bertz CT molecular complexity index is 995. The van der Waals surface area contributed by atoms with Gasteiger partial charge in [-0.05, 0) is 43.3 Å². The fourth-order valence-corrected chi connectivity index (χ4v) is 6.12. The van der Waals surface area contributed by atoms with Crippen molar-refractivity contribution in [2.45, 2.75) is 11.8 Å². The molecule has 0 saturated heterocycles. The van der Waals surface area contributed by atoms with E-state index in [1.54, 1.807) is 60.7 Å². The van der Waals surface area contributed by atoms with Crippen LogP contribution in [0.25, 0.3) is 0 Å². The van der Waals surface area contributed by atoms with E-state index in [9.17, 15) is 13.0 Å². The second-order valence-corrected chi connectivity index (χ2v) is 9.85. The number of hydrogen-bond acceptors (Lipinski definition) is 3. The summed E-state index contributed by atoms with van der Waals surface area (Å²) in [5, 5.41) is 5.59. The zero-order chi connectivity index (χ0) is 19.3. The van der Waals surface area contributed by atoms with Gasteiger partial charge in [0.2, 0.25) is 10.0 Å². The third-order valence-corrected chi connectivity index (χ3v) is 7.73. The summed E-state index contributed by atoms with van der Waals surface area (Å²) in [5.41, 5.74) is 1.98. The molecule has 0 radical (unpaired) electrons. The van der Waals surface area contributed by atoms with Crippen molar-refractivity contribution in [2.75, 3.05) is 10.2 Å². The van der Waals surface area contributed by atoms with Crippen molar-refractivity contribution in [3.05, 3.63) is 90.5 Å². The Labute approximate surface area is 159 Å². The van der Waals surface area contributed by atoms with Crippen LogP contribution in [0.15, 0.2) is 89.8 Å². The van der Waals surface area contributed by atoms with E-state index in [1.165, 1.54) is 12.1 Å². The van der Waals surface area contributed by atoms with Crippen molar-refractivity contribution in [1.29, 1.82) is 0 Å². The van der Waals surface area contributed by atoms with E-state index < -0.39 is 17.6 Å². The van der Waals surface area contributed by atoms with Gasteiger partial charge in [0.25, 0.3) is 0 Å². The SMILES string of the molecule is Cc1ccc(S(=O)(=O)NP(=O)(Nc2ccccc2)Nc2ccccc2)cc1. The predicted molar refractivity (Wildman–Crippen MR) is 109 cm³/mol. The van der Waals surface area contributed by atoms with Gasteiger partial charge in [0.15, 0.2) is 0 Å². The Morgan fingerprint density at radius 1 is 0.704 bits per heavy atom. The van der Waals surface area contributed by atoms with Crippen LogP contribution in [-0.2, 0) is 14.6 Å². The number of benzene rings is 3. The highest BCUT2D eigenvalue weighted by Gasteiger charge is 2.30. The molecule has 0 aliphatic rings. The Balaban J connectivity index is 1.93. The van der Waals surface area contributed by atoms with E-state index in [0.717, 1.165) is 5.56 Å². The van der Waals surface area contributed by atoms with Gasteiger partial charge in [0.1, 0.15) is 0 Å². The third-order valence-electron chi connectivity index (χ3n) is 3.70. The molecule has 3 aromatic rings. The first-order valence-electron chi connectivity index (χ1n) is 8.24. The lowest BCUT2D eigenvalue weighted by Crippen LogP contribution is -2.28. The maximum absolute atomic E-state index is 13.5. The summed E-state index contributed by atoms with van der Waals surface area (Å²) in [5.74, 6) is 0. The van der Waals surface area contributed by atoms with Crippen LogP contribution in [0.2, 0.25) is 0 Å². The average molecular weight is 401 g/mol. The lowest BCUT2D eigenvalue weighted by atomic mass is 10.2. The van der Waals surface area contributed by atoms with E-state index in [-0.39, 0.29) is 4.90 Å². The Hall–Kier alpha value is -2.60. The minimum Gasteiger partial charge on any atom is -0.308 e. The van der Waals surface area contributed by atoms with Crippen LogP contribution in [-0.4, -0.2) is 8.42 Å². The van der Waals surface area contributed by atoms with Crippen LogP contribution in [0, 0.1) is 6.92 Å². The van der Waals surface area contributed by atoms with Crippen LogP contribution >= 0.6 is 7.59 Å². The van der Waals surface area contributed by atoms with Crippen LogP contribution < -0.4 is 14.7 Å². The second kappa shape index (κ2) is 7.96. The zero-order valence-electron chi connectivity index (χ0n) is 14.7. The number of rotatable bonds is 7. The van der Waals surface area contributed by atoms with E-state index in [4.69, 9.17) is 0 Å². The van der Waals surface area contributed by atoms with Crippen LogP contribution in [0.5, 0.6) is 0 Å². The summed E-state index contributed by atoms with van der Waals surface area (Å²) in [6, 6.07) is 23.9. The second-order valence-electron chi connectivity index (χ2n) is 5.97. The molecule has 0 amide bonds. The number of anilines is 2. The Morgan fingerprint density at radius 3 is 1.59 bits per heavy atom. The van der Waals surface area contributed by atoms with E-state index >= 15 is 0 Å². The molecule has 0 fully saturated rings. The van der Waals surface area contributed by atoms with Crippen molar-refractivity contribution >= 4 is 29.0 Å². The first-order chi connectivity index (χ1) is 12.9. The predicted octanol–water partition coefficient (Wildman–Crippen LogP) is 4.61. The van der Waals surface area contributed by atoms with Gasteiger partial charge in [-0.2, -0.15) is 0 Å². The van der Waals surface area contributed by atoms with Gasteiger partial charge >= 0.3 is 7.59 Å². The molecule has 140 valence electrons. The number of para-hydroxylation sites is 2. The van der Waals surface area contributed by atoms with Gasteiger partial charge in [0, 0.05) is 11.4 Å². The molecule has 27 heavy (non-hydrogen) atoms. The summed E-state index contributed by atoms with van der Waals surface area (Å²) in [6.45, 7) is 1.86. The average Bonchev–Trinajstić information content (AvgIpc) is 2.63. The molecule has 3 aromatic carbocycles. The van der Waals surface area contributed by atoms with Gasteiger partial charge in [-0.1, -0.05) is 54.1 Å². The van der Waals surface area contributed by atoms with Crippen molar-refractivity contribution in [1.82, 2.24) is 4.49 Å². The summed E-state index contributed by atoms with van der Waals surface area (Å²) in [4.78, 5) is 0.0399. The minimum absolute atomic E-state index is 0.0399. The quantitative estimate of drug-likeness (QED) is 0.504. The minimum atomic E-state index is -4.01. The van der Waals surface area contributed by atoms with Crippen molar-refractivity contribution in [3.8, 4) is 0 Å². The monoisotopic (exact) mass is 401 g/mol. The summed E-state index contributed by atoms with van der Waals surface area (Å²) >= 11 is 0. The molecular formula is C19H20N3O3PS. The zero-order valence-corrected chi connectivity index (χ0v) is 16.4. The molecule has 8 heteroatoms. The molecule has 0 aliphatic carbocycles. The molecule has 0 aliphatic heterocycles. The topological polar surface area (TPSA) is 87.3 Å². The number of sulfonamides is 1. The molecular weight excluding hydrogens is 381 g/mol. The fourth-order valence-electron chi connectivity index (χ4n) is 2.40. The van der Waals surface area contributed by atoms with E-state index in [2.05, 4.69) is 14.7 Å². The molecule has 0 atom stereocenters. The van der Waals surface area contributed by atoms with E-state index in [1.807, 2.05) is 19.1 Å². The normalized spacial score (nSPS) is 11.7. The summed E-state index contributed by atoms with van der Waals surface area (Å²) in [7, 11) is -7.81. The standard InChI is InChI=1S/C19H20N3O3PS/c1-16-12-14-19(15-13-16)27(24,25)22-26(23,20-17-8-4-2-5-9-17)21-18-10-6-3-7-11-18/h2-15H,1H3,(H3,20,21,22,23). The van der Waals surface area contributed by atoms with E-state index in [0.29, 0.717) is 11.4 Å². The first-order valence-corrected chi connectivity index (χ1v) is 11.4. The highest BCUT2D eigenvalue weighted by atomic mass is 32.2. The molecule has 3 rings (SSSR count). The fraction of sp³-hybridized carbons (Fsp3) is 0.0526. The molecule has 3 N–H and O–H groups in total. The van der Waals surface area contributed by atoms with Gasteiger partial charge in [-0.25, -0.2) is 8.42 Å². The number of nitrogens with one attached hydrogen (secondary N) is 3.